The van der Waals surface area contributed by atoms with E-state index in [4.69, 9.17) is 0 Å². The van der Waals surface area contributed by atoms with Crippen molar-refractivity contribution in [3.05, 3.63) is 86.7 Å². The lowest BCUT2D eigenvalue weighted by molar-refractivity contribution is -0.112. The van der Waals surface area contributed by atoms with E-state index in [-0.39, 0.29) is 5.57 Å². The number of nitriles is 1. The van der Waals surface area contributed by atoms with Gasteiger partial charge in [-0.15, -0.1) is 0 Å². The van der Waals surface area contributed by atoms with Crippen LogP contribution in [0.3, 0.4) is 0 Å². The molecule has 5 heteroatoms. The lowest BCUT2D eigenvalue weighted by Gasteiger charge is -2.13. The third-order valence-corrected chi connectivity index (χ3v) is 5.37. The van der Waals surface area contributed by atoms with Crippen LogP contribution in [0.4, 0.5) is 5.69 Å². The maximum Gasteiger partial charge on any atom is 0.266 e. The number of anilines is 1. The molecule has 0 bridgehead atoms. The van der Waals surface area contributed by atoms with Gasteiger partial charge in [0.25, 0.3) is 5.91 Å². The minimum absolute atomic E-state index is 0.0640. The van der Waals surface area contributed by atoms with E-state index in [0.717, 1.165) is 27.1 Å². The van der Waals surface area contributed by atoms with Gasteiger partial charge < -0.3 is 9.88 Å². The molecular weight excluding hydrogens is 426 g/mol. The minimum Gasteiger partial charge on any atom is -0.321 e. The monoisotopic (exact) mass is 447 g/mol. The molecule has 2 aromatic carbocycles. The van der Waals surface area contributed by atoms with Gasteiger partial charge in [-0.3, -0.25) is 4.79 Å². The van der Waals surface area contributed by atoms with Crippen LogP contribution >= 0.6 is 15.9 Å². The number of aromatic nitrogens is 1. The van der Waals surface area contributed by atoms with Gasteiger partial charge in [-0.25, -0.2) is 0 Å². The summed E-state index contributed by atoms with van der Waals surface area (Å²) in [6.45, 7) is 8.18. The summed E-state index contributed by atoms with van der Waals surface area (Å²) in [6, 6.07) is 17.6. The first-order chi connectivity index (χ1) is 13.8. The molecule has 4 nitrogen and oxygen atoms in total. The lowest BCUT2D eigenvalue weighted by atomic mass is 10.1. The summed E-state index contributed by atoms with van der Waals surface area (Å²) >= 11 is 3.37. The third-order valence-electron chi connectivity index (χ3n) is 4.84. The van der Waals surface area contributed by atoms with E-state index in [0.29, 0.717) is 5.69 Å². The van der Waals surface area contributed by atoms with E-state index in [2.05, 4.69) is 57.9 Å². The Labute approximate surface area is 179 Å². The molecule has 0 saturated heterocycles. The van der Waals surface area contributed by atoms with Crippen molar-refractivity contribution in [2.45, 2.75) is 27.7 Å². The lowest BCUT2D eigenvalue weighted by Crippen LogP contribution is -2.13. The van der Waals surface area contributed by atoms with Crippen LogP contribution in [0.1, 0.15) is 28.1 Å². The molecule has 146 valence electrons. The fourth-order valence-electron chi connectivity index (χ4n) is 3.30. The van der Waals surface area contributed by atoms with Crippen molar-refractivity contribution < 1.29 is 4.79 Å². The van der Waals surface area contributed by atoms with Crippen LogP contribution in [0.25, 0.3) is 11.8 Å². The molecule has 1 amide bonds. The number of nitrogens with zero attached hydrogens (tertiary/aromatic N) is 2. The summed E-state index contributed by atoms with van der Waals surface area (Å²) < 4.78 is 3.08. The minimum atomic E-state index is -0.425. The van der Waals surface area contributed by atoms with Crippen LogP contribution in [0, 0.1) is 39.0 Å². The van der Waals surface area contributed by atoms with Crippen LogP contribution in [0.5, 0.6) is 0 Å². The van der Waals surface area contributed by atoms with Crippen LogP contribution in [-0.2, 0) is 4.79 Å². The van der Waals surface area contributed by atoms with Gasteiger partial charge in [-0.1, -0.05) is 28.1 Å². The summed E-state index contributed by atoms with van der Waals surface area (Å²) in [5.41, 5.74) is 7.05. The molecule has 1 heterocycles. The van der Waals surface area contributed by atoms with E-state index in [9.17, 15) is 10.1 Å². The van der Waals surface area contributed by atoms with Crippen molar-refractivity contribution in [3.8, 4) is 11.8 Å². The Morgan fingerprint density at radius 3 is 2.41 bits per heavy atom. The van der Waals surface area contributed by atoms with Crippen molar-refractivity contribution >= 4 is 33.6 Å². The highest BCUT2D eigenvalue weighted by Gasteiger charge is 2.15. The molecule has 0 radical (unpaired) electrons. The number of hydrogen-bond donors (Lipinski definition) is 1. The van der Waals surface area contributed by atoms with Crippen molar-refractivity contribution in [2.75, 3.05) is 5.32 Å². The molecule has 0 fully saturated rings. The van der Waals surface area contributed by atoms with E-state index in [1.165, 1.54) is 11.1 Å². The zero-order valence-electron chi connectivity index (χ0n) is 16.9. The maximum absolute atomic E-state index is 12.6. The first-order valence-electron chi connectivity index (χ1n) is 9.25. The zero-order chi connectivity index (χ0) is 21.1. The molecule has 0 unspecified atom stereocenters. The molecule has 0 atom stereocenters. The number of carbonyl (C=O) groups is 1. The predicted molar refractivity (Wildman–Crippen MR) is 121 cm³/mol. The summed E-state index contributed by atoms with van der Waals surface area (Å²) in [5, 5.41) is 12.3. The molecule has 29 heavy (non-hydrogen) atoms. The molecular formula is C24H22BrN3O. The first kappa shape index (κ1) is 20.6. The van der Waals surface area contributed by atoms with Crippen molar-refractivity contribution in [2.24, 2.45) is 0 Å². The number of halogens is 1. The van der Waals surface area contributed by atoms with Gasteiger partial charge in [-0.2, -0.15) is 5.26 Å². The van der Waals surface area contributed by atoms with Crippen LogP contribution in [0.15, 0.2) is 58.6 Å². The third kappa shape index (κ3) is 4.49. The summed E-state index contributed by atoms with van der Waals surface area (Å²) in [7, 11) is 0. The van der Waals surface area contributed by atoms with Crippen LogP contribution < -0.4 is 5.32 Å². The van der Waals surface area contributed by atoms with E-state index >= 15 is 0 Å². The highest BCUT2D eigenvalue weighted by molar-refractivity contribution is 9.10. The molecule has 1 N–H and O–H groups in total. The SMILES string of the molecule is Cc1ccc(C)c(-n2c(C)cc(/C=C(/C#N)C(=O)Nc3ccc(Br)cc3)c2C)c1. The fourth-order valence-corrected chi connectivity index (χ4v) is 3.56. The predicted octanol–water partition coefficient (Wildman–Crippen LogP) is 6.02. The first-order valence-corrected chi connectivity index (χ1v) is 10.0. The van der Waals surface area contributed by atoms with Gasteiger partial charge in [0.2, 0.25) is 0 Å². The van der Waals surface area contributed by atoms with Crippen LogP contribution in [0.2, 0.25) is 0 Å². The van der Waals surface area contributed by atoms with Crippen molar-refractivity contribution in [3.63, 3.8) is 0 Å². The largest absolute Gasteiger partial charge is 0.321 e. The molecule has 0 aliphatic carbocycles. The number of hydrogen-bond acceptors (Lipinski definition) is 2. The summed E-state index contributed by atoms with van der Waals surface area (Å²) in [6.07, 6.45) is 1.65. The Morgan fingerprint density at radius 1 is 1.07 bits per heavy atom. The number of aryl methyl sites for hydroxylation is 3. The zero-order valence-corrected chi connectivity index (χ0v) is 18.5. The number of rotatable bonds is 4. The average molecular weight is 448 g/mol. The Kier molecular flexibility index (Phi) is 6.05. The number of amides is 1. The Balaban J connectivity index is 1.96. The molecule has 3 rings (SSSR count). The van der Waals surface area contributed by atoms with Gasteiger partial charge in [0, 0.05) is 27.2 Å². The van der Waals surface area contributed by atoms with Crippen molar-refractivity contribution in [1.82, 2.24) is 4.57 Å². The van der Waals surface area contributed by atoms with Gasteiger partial charge in [0.15, 0.2) is 0 Å². The topological polar surface area (TPSA) is 57.8 Å². The maximum atomic E-state index is 12.6. The molecule has 3 aromatic rings. The average Bonchev–Trinajstić information content (AvgIpc) is 2.96. The molecule has 0 saturated carbocycles. The van der Waals surface area contributed by atoms with Crippen molar-refractivity contribution in [1.29, 1.82) is 5.26 Å². The smallest absolute Gasteiger partial charge is 0.266 e. The summed E-state index contributed by atoms with van der Waals surface area (Å²) in [4.78, 5) is 12.6. The second kappa shape index (κ2) is 8.50. The van der Waals surface area contributed by atoms with Crippen LogP contribution in [-0.4, -0.2) is 10.5 Å². The van der Waals surface area contributed by atoms with Gasteiger partial charge in [0.05, 0.1) is 0 Å². The van der Waals surface area contributed by atoms with E-state index in [1.54, 1.807) is 18.2 Å². The van der Waals surface area contributed by atoms with Gasteiger partial charge >= 0.3 is 0 Å². The number of benzene rings is 2. The Morgan fingerprint density at radius 2 is 1.76 bits per heavy atom. The molecule has 0 spiro atoms. The quantitative estimate of drug-likeness (QED) is 0.392. The molecule has 0 aliphatic heterocycles. The Hall–Kier alpha value is -3.10. The van der Waals surface area contributed by atoms with Gasteiger partial charge in [0.1, 0.15) is 11.6 Å². The van der Waals surface area contributed by atoms with E-state index < -0.39 is 5.91 Å². The van der Waals surface area contributed by atoms with Gasteiger partial charge in [-0.05, 0) is 86.9 Å². The number of carbonyl (C=O) groups excluding carboxylic acids is 1. The standard InChI is InChI=1S/C24H22BrN3O/c1-15-5-6-16(2)23(11-15)28-17(3)12-19(18(28)4)13-20(14-26)24(29)27-22-9-7-21(25)8-10-22/h5-13H,1-4H3,(H,27,29)/b20-13-. The Bertz CT molecular complexity index is 1150. The fraction of sp³-hybridized carbons (Fsp3) is 0.167. The second-order valence-electron chi connectivity index (χ2n) is 7.08. The van der Waals surface area contributed by atoms with E-state index in [1.807, 2.05) is 38.1 Å². The number of nitrogens with one attached hydrogen (secondary N) is 1. The highest BCUT2D eigenvalue weighted by Crippen LogP contribution is 2.26. The molecule has 0 aliphatic rings. The summed E-state index contributed by atoms with van der Waals surface area (Å²) in [5.74, 6) is -0.425. The molecule has 1 aromatic heterocycles. The highest BCUT2D eigenvalue weighted by atomic mass is 79.9. The second-order valence-corrected chi connectivity index (χ2v) is 8.00. The normalized spacial score (nSPS) is 11.2.